The number of non-ortho nitro benzene ring substituents is 1. The fourth-order valence-electron chi connectivity index (χ4n) is 4.21. The van der Waals surface area contributed by atoms with E-state index in [1.165, 1.54) is 6.07 Å². The number of ether oxygens (including phenoxy) is 1. The number of nitro groups is 1. The minimum atomic E-state index is -0.361. The number of hydrogen-bond donors (Lipinski definition) is 1. The van der Waals surface area contributed by atoms with Crippen molar-refractivity contribution in [3.8, 4) is 0 Å². The highest BCUT2D eigenvalue weighted by atomic mass is 16.6. The maximum Gasteiger partial charge on any atom is 0.338 e. The number of anilines is 1. The highest BCUT2D eigenvalue weighted by molar-refractivity contribution is 5.90. The van der Waals surface area contributed by atoms with Crippen LogP contribution >= 0.6 is 0 Å². The van der Waals surface area contributed by atoms with Crippen molar-refractivity contribution in [2.45, 2.75) is 32.2 Å². The van der Waals surface area contributed by atoms with E-state index < -0.39 is 0 Å². The largest absolute Gasteiger partial charge is 0.462 e. The van der Waals surface area contributed by atoms with Crippen molar-refractivity contribution in [2.75, 3.05) is 11.9 Å². The molecule has 0 aromatic heterocycles. The fourth-order valence-corrected chi connectivity index (χ4v) is 4.21. The Hall–Kier alpha value is -3.15. The molecule has 150 valence electrons. The average molecular weight is 392 g/mol. The third kappa shape index (κ3) is 3.75. The minimum absolute atomic E-state index is 0.0267. The summed E-state index contributed by atoms with van der Waals surface area (Å²) in [5, 5.41) is 14.7. The standard InChI is InChI=1S/C23H24N2O4/c1-14(2)13-29-23(26)16-9-10-21-20(12-16)18-7-4-8-19(18)22(24-21)15-5-3-6-17(11-15)25(27)28/h3-7,9-12,14,18-19,22,24H,8,13H2,1-2H3/t18-,19+,22-/m1/s1. The smallest absolute Gasteiger partial charge is 0.338 e. The van der Waals surface area contributed by atoms with Crippen molar-refractivity contribution in [1.82, 2.24) is 0 Å². The molecule has 0 fully saturated rings. The molecular weight excluding hydrogens is 368 g/mol. The third-order valence-electron chi connectivity index (χ3n) is 5.59. The van der Waals surface area contributed by atoms with Crippen molar-refractivity contribution in [1.29, 1.82) is 0 Å². The van der Waals surface area contributed by atoms with Crippen molar-refractivity contribution in [3.05, 3.63) is 81.4 Å². The van der Waals surface area contributed by atoms with E-state index in [1.54, 1.807) is 18.2 Å². The highest BCUT2D eigenvalue weighted by Gasteiger charge is 2.38. The van der Waals surface area contributed by atoms with Crippen molar-refractivity contribution in [3.63, 3.8) is 0 Å². The zero-order valence-electron chi connectivity index (χ0n) is 16.5. The lowest BCUT2D eigenvalue weighted by Gasteiger charge is -2.37. The zero-order valence-corrected chi connectivity index (χ0v) is 16.5. The molecule has 2 aromatic rings. The number of benzene rings is 2. The second kappa shape index (κ2) is 7.70. The first-order valence-electron chi connectivity index (χ1n) is 9.92. The van der Waals surface area contributed by atoms with Gasteiger partial charge in [0.15, 0.2) is 0 Å². The Labute approximate surface area is 169 Å². The van der Waals surface area contributed by atoms with Gasteiger partial charge in [0.1, 0.15) is 0 Å². The van der Waals surface area contributed by atoms with Gasteiger partial charge in [0.05, 0.1) is 23.1 Å². The Morgan fingerprint density at radius 1 is 1.28 bits per heavy atom. The van der Waals surface area contributed by atoms with Gasteiger partial charge >= 0.3 is 5.97 Å². The van der Waals surface area contributed by atoms with Gasteiger partial charge in [-0.3, -0.25) is 10.1 Å². The number of carbonyl (C=O) groups is 1. The molecule has 4 rings (SSSR count). The molecule has 0 bridgehead atoms. The maximum atomic E-state index is 12.4. The molecule has 0 radical (unpaired) electrons. The summed E-state index contributed by atoms with van der Waals surface area (Å²) in [5.74, 6) is 0.386. The maximum absolute atomic E-state index is 12.4. The fraction of sp³-hybridized carbons (Fsp3) is 0.348. The van der Waals surface area contributed by atoms with E-state index in [0.717, 1.165) is 23.2 Å². The molecule has 0 spiro atoms. The van der Waals surface area contributed by atoms with Crippen molar-refractivity contribution in [2.24, 2.45) is 11.8 Å². The molecule has 2 aromatic carbocycles. The first-order valence-corrected chi connectivity index (χ1v) is 9.92. The van der Waals surface area contributed by atoms with Crippen LogP contribution in [0.4, 0.5) is 11.4 Å². The summed E-state index contributed by atoms with van der Waals surface area (Å²) in [7, 11) is 0. The van der Waals surface area contributed by atoms with Gasteiger partial charge < -0.3 is 10.1 Å². The summed E-state index contributed by atoms with van der Waals surface area (Å²) in [6, 6.07) is 12.4. The molecule has 1 heterocycles. The lowest BCUT2D eigenvalue weighted by atomic mass is 9.76. The first kappa shape index (κ1) is 19.2. The second-order valence-electron chi connectivity index (χ2n) is 8.12. The highest BCUT2D eigenvalue weighted by Crippen LogP contribution is 2.50. The van der Waals surface area contributed by atoms with Gasteiger partial charge in [0.2, 0.25) is 0 Å². The topological polar surface area (TPSA) is 81.5 Å². The summed E-state index contributed by atoms with van der Waals surface area (Å²) in [4.78, 5) is 23.2. The van der Waals surface area contributed by atoms with Crippen molar-refractivity contribution < 1.29 is 14.5 Å². The molecule has 0 amide bonds. The van der Waals surface area contributed by atoms with Gasteiger partial charge in [0.25, 0.3) is 5.69 Å². The predicted octanol–water partition coefficient (Wildman–Crippen LogP) is 5.23. The van der Waals surface area contributed by atoms with Crippen molar-refractivity contribution >= 4 is 17.3 Å². The Bertz CT molecular complexity index is 983. The molecule has 2 aliphatic rings. The number of nitrogens with one attached hydrogen (secondary N) is 1. The lowest BCUT2D eigenvalue weighted by molar-refractivity contribution is -0.384. The Morgan fingerprint density at radius 3 is 2.86 bits per heavy atom. The van der Waals surface area contributed by atoms with Crippen LogP contribution in [0.2, 0.25) is 0 Å². The number of nitro benzene ring substituents is 1. The van der Waals surface area contributed by atoms with Crippen LogP contribution in [-0.2, 0) is 4.74 Å². The minimum Gasteiger partial charge on any atom is -0.462 e. The van der Waals surface area contributed by atoms with Gasteiger partial charge in [-0.05, 0) is 47.6 Å². The first-order chi connectivity index (χ1) is 13.9. The SMILES string of the molecule is CC(C)COC(=O)c1ccc2c(c1)[C@@H]1C=CC[C@@H]1[C@@H](c1cccc([N+](=O)[O-])c1)N2. The van der Waals surface area contributed by atoms with Crippen LogP contribution in [0.3, 0.4) is 0 Å². The number of hydrogen-bond acceptors (Lipinski definition) is 5. The van der Waals surface area contributed by atoms with E-state index in [2.05, 4.69) is 17.5 Å². The van der Waals surface area contributed by atoms with Gasteiger partial charge in [0, 0.05) is 23.7 Å². The molecule has 3 atom stereocenters. The zero-order chi connectivity index (χ0) is 20.5. The molecule has 1 N–H and O–H groups in total. The number of esters is 1. The summed E-state index contributed by atoms with van der Waals surface area (Å²) in [6.07, 6.45) is 5.21. The monoisotopic (exact) mass is 392 g/mol. The van der Waals surface area contributed by atoms with E-state index >= 15 is 0 Å². The van der Waals surface area contributed by atoms with Gasteiger partial charge in [-0.25, -0.2) is 4.79 Å². The molecule has 6 nitrogen and oxygen atoms in total. The summed E-state index contributed by atoms with van der Waals surface area (Å²) in [6.45, 7) is 4.41. The number of fused-ring (bicyclic) bond motifs is 3. The van der Waals surface area contributed by atoms with E-state index in [-0.39, 0.29) is 40.4 Å². The molecule has 6 heteroatoms. The summed E-state index contributed by atoms with van der Waals surface area (Å²) < 4.78 is 5.38. The quantitative estimate of drug-likeness (QED) is 0.326. The molecule has 0 unspecified atom stereocenters. The van der Waals surface area contributed by atoms with E-state index in [0.29, 0.717) is 12.2 Å². The lowest BCUT2D eigenvalue weighted by Crippen LogP contribution is -2.29. The molecule has 29 heavy (non-hydrogen) atoms. The van der Waals surface area contributed by atoms with Crippen LogP contribution in [-0.4, -0.2) is 17.5 Å². The van der Waals surface area contributed by atoms with Crippen LogP contribution < -0.4 is 5.32 Å². The number of rotatable bonds is 5. The summed E-state index contributed by atoms with van der Waals surface area (Å²) >= 11 is 0. The molecule has 0 saturated carbocycles. The summed E-state index contributed by atoms with van der Waals surface area (Å²) in [5.41, 5.74) is 3.59. The molecular formula is C23H24N2O4. The van der Waals surface area contributed by atoms with Crippen LogP contribution in [0.25, 0.3) is 0 Å². The van der Waals surface area contributed by atoms with Crippen LogP contribution in [0.5, 0.6) is 0 Å². The van der Waals surface area contributed by atoms with Gasteiger partial charge in [-0.2, -0.15) is 0 Å². The number of carbonyl (C=O) groups excluding carboxylic acids is 1. The van der Waals surface area contributed by atoms with Crippen LogP contribution in [0.15, 0.2) is 54.6 Å². The number of allylic oxidation sites excluding steroid dienone is 2. The Kier molecular flexibility index (Phi) is 5.09. The average Bonchev–Trinajstić information content (AvgIpc) is 3.21. The van der Waals surface area contributed by atoms with E-state index in [9.17, 15) is 14.9 Å². The number of nitrogens with zero attached hydrogens (tertiary/aromatic N) is 1. The Balaban J connectivity index is 1.65. The van der Waals surface area contributed by atoms with Gasteiger partial charge in [-0.1, -0.05) is 38.1 Å². The third-order valence-corrected chi connectivity index (χ3v) is 5.59. The second-order valence-corrected chi connectivity index (χ2v) is 8.12. The normalized spacial score (nSPS) is 22.0. The Morgan fingerprint density at radius 2 is 2.10 bits per heavy atom. The van der Waals surface area contributed by atoms with E-state index in [4.69, 9.17) is 4.74 Å². The molecule has 0 saturated heterocycles. The molecule has 1 aliphatic carbocycles. The predicted molar refractivity (Wildman–Crippen MR) is 111 cm³/mol. The van der Waals surface area contributed by atoms with E-state index in [1.807, 2.05) is 32.0 Å². The van der Waals surface area contributed by atoms with Crippen LogP contribution in [0.1, 0.15) is 53.7 Å². The van der Waals surface area contributed by atoms with Crippen LogP contribution in [0, 0.1) is 22.0 Å². The molecule has 1 aliphatic heterocycles. The van der Waals surface area contributed by atoms with Gasteiger partial charge in [-0.15, -0.1) is 0 Å².